The van der Waals surface area contributed by atoms with Crippen molar-refractivity contribution in [2.24, 2.45) is 0 Å². The Balaban J connectivity index is 1.78. The van der Waals surface area contributed by atoms with E-state index in [9.17, 15) is 4.79 Å². The van der Waals surface area contributed by atoms with Crippen LogP contribution >= 0.6 is 0 Å². The van der Waals surface area contributed by atoms with E-state index in [2.05, 4.69) is 0 Å². The highest BCUT2D eigenvalue weighted by atomic mass is 16.6. The molecule has 0 aliphatic carbocycles. The van der Waals surface area contributed by atoms with Crippen LogP contribution in [0.4, 0.5) is 0 Å². The van der Waals surface area contributed by atoms with E-state index in [-0.39, 0.29) is 19.0 Å². The van der Waals surface area contributed by atoms with Crippen LogP contribution in [0.25, 0.3) is 5.57 Å². The van der Waals surface area contributed by atoms with Crippen LogP contribution in [0.2, 0.25) is 0 Å². The van der Waals surface area contributed by atoms with Gasteiger partial charge < -0.3 is 28.4 Å². The minimum absolute atomic E-state index is 0.131. The SMILES string of the molecule is CCOC(=O)C1=C(c2cc(OC)c(OC)c(OC)c2)c2ccc(OCc3ccccc3)cc2CO1. The van der Waals surface area contributed by atoms with Gasteiger partial charge in [0.05, 0.1) is 27.9 Å². The largest absolute Gasteiger partial charge is 0.493 e. The molecule has 0 radical (unpaired) electrons. The highest BCUT2D eigenvalue weighted by Gasteiger charge is 2.29. The molecule has 0 spiro atoms. The Bertz CT molecular complexity index is 1210. The van der Waals surface area contributed by atoms with Crippen molar-refractivity contribution >= 4 is 11.5 Å². The monoisotopic (exact) mass is 476 g/mol. The number of carbonyl (C=O) groups excluding carboxylic acids is 1. The molecule has 4 rings (SSSR count). The Hall–Kier alpha value is -4.13. The number of rotatable bonds is 9. The second-order valence-corrected chi connectivity index (χ2v) is 7.72. The predicted octanol–water partition coefficient (Wildman–Crippen LogP) is 5.14. The molecule has 1 aliphatic heterocycles. The van der Waals surface area contributed by atoms with Gasteiger partial charge in [0, 0.05) is 11.1 Å². The van der Waals surface area contributed by atoms with E-state index in [0.29, 0.717) is 40.7 Å². The first kappa shape index (κ1) is 24.0. The molecule has 7 heteroatoms. The first-order valence-electron chi connectivity index (χ1n) is 11.2. The summed E-state index contributed by atoms with van der Waals surface area (Å²) in [7, 11) is 4.63. The Morgan fingerprint density at radius 3 is 2.26 bits per heavy atom. The van der Waals surface area contributed by atoms with Crippen molar-refractivity contribution in [1.29, 1.82) is 0 Å². The Kier molecular flexibility index (Phi) is 7.45. The van der Waals surface area contributed by atoms with Gasteiger partial charge in [-0.1, -0.05) is 36.4 Å². The minimum atomic E-state index is -0.536. The Morgan fingerprint density at radius 2 is 1.63 bits per heavy atom. The van der Waals surface area contributed by atoms with E-state index in [4.69, 9.17) is 28.4 Å². The number of methoxy groups -OCH3 is 3. The third kappa shape index (κ3) is 5.04. The fourth-order valence-corrected chi connectivity index (χ4v) is 3.98. The number of fused-ring (bicyclic) bond motifs is 1. The number of hydrogen-bond donors (Lipinski definition) is 0. The predicted molar refractivity (Wildman–Crippen MR) is 131 cm³/mol. The Morgan fingerprint density at radius 1 is 0.914 bits per heavy atom. The number of hydrogen-bond acceptors (Lipinski definition) is 7. The van der Waals surface area contributed by atoms with Gasteiger partial charge >= 0.3 is 5.97 Å². The zero-order chi connectivity index (χ0) is 24.8. The van der Waals surface area contributed by atoms with Crippen molar-refractivity contribution in [2.75, 3.05) is 27.9 Å². The van der Waals surface area contributed by atoms with Gasteiger partial charge in [-0.25, -0.2) is 4.79 Å². The fourth-order valence-electron chi connectivity index (χ4n) is 3.98. The first-order valence-corrected chi connectivity index (χ1v) is 11.2. The molecule has 0 atom stereocenters. The summed E-state index contributed by atoms with van der Waals surface area (Å²) in [6, 6.07) is 19.3. The van der Waals surface area contributed by atoms with Crippen LogP contribution in [-0.4, -0.2) is 33.9 Å². The maximum atomic E-state index is 12.8. The van der Waals surface area contributed by atoms with E-state index in [1.54, 1.807) is 40.4 Å². The molecule has 0 amide bonds. The van der Waals surface area contributed by atoms with Gasteiger partial charge in [0.15, 0.2) is 11.5 Å². The summed E-state index contributed by atoms with van der Waals surface area (Å²) in [5.41, 5.74) is 4.04. The van der Waals surface area contributed by atoms with Crippen LogP contribution in [0.3, 0.4) is 0 Å². The normalized spacial score (nSPS) is 12.3. The highest BCUT2D eigenvalue weighted by molar-refractivity contribution is 6.01. The third-order valence-corrected chi connectivity index (χ3v) is 5.61. The second-order valence-electron chi connectivity index (χ2n) is 7.72. The lowest BCUT2D eigenvalue weighted by molar-refractivity contribution is -0.142. The molecule has 0 saturated carbocycles. The molecule has 1 aliphatic rings. The van der Waals surface area contributed by atoms with E-state index in [1.165, 1.54) is 0 Å². The van der Waals surface area contributed by atoms with Gasteiger partial charge in [0.1, 0.15) is 19.0 Å². The van der Waals surface area contributed by atoms with E-state index < -0.39 is 5.97 Å². The van der Waals surface area contributed by atoms with Crippen LogP contribution in [0.1, 0.15) is 29.2 Å². The summed E-state index contributed by atoms with van der Waals surface area (Å²) in [5, 5.41) is 0. The lowest BCUT2D eigenvalue weighted by atomic mass is 9.90. The van der Waals surface area contributed by atoms with E-state index in [1.807, 2.05) is 48.5 Å². The summed E-state index contributed by atoms with van der Waals surface area (Å²) < 4.78 is 33.7. The van der Waals surface area contributed by atoms with Gasteiger partial charge in [-0.2, -0.15) is 0 Å². The Labute approximate surface area is 204 Å². The molecule has 7 nitrogen and oxygen atoms in total. The molecule has 3 aromatic carbocycles. The maximum absolute atomic E-state index is 12.8. The summed E-state index contributed by atoms with van der Waals surface area (Å²) in [6.07, 6.45) is 0. The summed E-state index contributed by atoms with van der Waals surface area (Å²) >= 11 is 0. The zero-order valence-corrected chi connectivity index (χ0v) is 20.3. The van der Waals surface area contributed by atoms with Gasteiger partial charge in [0.2, 0.25) is 11.5 Å². The number of carbonyl (C=O) groups is 1. The molecule has 0 N–H and O–H groups in total. The molecule has 182 valence electrons. The van der Waals surface area contributed by atoms with Crippen molar-refractivity contribution in [2.45, 2.75) is 20.1 Å². The molecule has 0 fully saturated rings. The molecule has 0 saturated heterocycles. The summed E-state index contributed by atoms with van der Waals surface area (Å²) in [6.45, 7) is 2.64. The average molecular weight is 477 g/mol. The number of ether oxygens (including phenoxy) is 6. The standard InChI is InChI=1S/C28H28O7/c1-5-33-28(29)27-25(19-14-23(30-2)26(32-4)24(15-19)31-3)22-12-11-21(13-20(22)17-35-27)34-16-18-9-7-6-8-10-18/h6-15H,5,16-17H2,1-4H3. The minimum Gasteiger partial charge on any atom is -0.493 e. The smallest absolute Gasteiger partial charge is 0.374 e. The van der Waals surface area contributed by atoms with Crippen LogP contribution in [0.15, 0.2) is 66.4 Å². The van der Waals surface area contributed by atoms with Crippen molar-refractivity contribution < 1.29 is 33.2 Å². The molecule has 3 aromatic rings. The maximum Gasteiger partial charge on any atom is 0.374 e. The average Bonchev–Trinajstić information content (AvgIpc) is 2.90. The van der Waals surface area contributed by atoms with E-state index >= 15 is 0 Å². The van der Waals surface area contributed by atoms with Crippen molar-refractivity contribution in [3.8, 4) is 23.0 Å². The molecule has 1 heterocycles. The second kappa shape index (κ2) is 10.9. The van der Waals surface area contributed by atoms with Crippen LogP contribution in [-0.2, 0) is 27.5 Å². The highest BCUT2D eigenvalue weighted by Crippen LogP contribution is 2.44. The summed E-state index contributed by atoms with van der Waals surface area (Å²) in [5.74, 6) is 1.69. The van der Waals surface area contributed by atoms with Gasteiger partial charge in [-0.3, -0.25) is 0 Å². The van der Waals surface area contributed by atoms with E-state index in [0.717, 1.165) is 16.7 Å². The number of benzene rings is 3. The molecule has 35 heavy (non-hydrogen) atoms. The van der Waals surface area contributed by atoms with Crippen molar-refractivity contribution in [1.82, 2.24) is 0 Å². The molecule has 0 aromatic heterocycles. The zero-order valence-electron chi connectivity index (χ0n) is 20.3. The molecular formula is C28H28O7. The van der Waals surface area contributed by atoms with Crippen LogP contribution < -0.4 is 18.9 Å². The topological polar surface area (TPSA) is 72.5 Å². The first-order chi connectivity index (χ1) is 17.1. The van der Waals surface area contributed by atoms with Crippen molar-refractivity contribution in [3.05, 3.63) is 88.7 Å². The lowest BCUT2D eigenvalue weighted by Crippen LogP contribution is -2.18. The third-order valence-electron chi connectivity index (χ3n) is 5.61. The molecule has 0 bridgehead atoms. The molecular weight excluding hydrogens is 448 g/mol. The van der Waals surface area contributed by atoms with Crippen LogP contribution in [0.5, 0.6) is 23.0 Å². The quantitative estimate of drug-likeness (QED) is 0.396. The van der Waals surface area contributed by atoms with Crippen LogP contribution in [0, 0.1) is 0 Å². The van der Waals surface area contributed by atoms with Crippen molar-refractivity contribution in [3.63, 3.8) is 0 Å². The van der Waals surface area contributed by atoms with Gasteiger partial charge in [-0.15, -0.1) is 0 Å². The summed E-state index contributed by atoms with van der Waals surface area (Å²) in [4.78, 5) is 12.8. The van der Waals surface area contributed by atoms with Gasteiger partial charge in [0.25, 0.3) is 0 Å². The fraction of sp³-hybridized carbons (Fsp3) is 0.250. The molecule has 0 unspecified atom stereocenters. The number of esters is 1. The van der Waals surface area contributed by atoms with Gasteiger partial charge in [-0.05, 0) is 47.9 Å². The lowest BCUT2D eigenvalue weighted by Gasteiger charge is -2.25.